The summed E-state index contributed by atoms with van der Waals surface area (Å²) in [5, 5.41) is 8.65. The minimum Gasteiger partial charge on any atom is -0.337 e. The average molecular weight is 361 g/mol. The molecule has 2 heterocycles. The van der Waals surface area contributed by atoms with Crippen molar-refractivity contribution >= 4 is 11.6 Å². The topological polar surface area (TPSA) is 73.8 Å². The molecule has 6 nitrogen and oxygen atoms in total. The zero-order valence-electron chi connectivity index (χ0n) is 14.6. The molecule has 132 valence electrons. The molecular weight excluding hydrogens is 340 g/mol. The molecule has 2 aromatic heterocycles. The van der Waals surface area contributed by atoms with Gasteiger partial charge in [-0.1, -0.05) is 41.1 Å². The average Bonchev–Trinajstić information content (AvgIpc) is 3.05. The molecule has 0 fully saturated rings. The first-order chi connectivity index (χ1) is 11.9. The molecule has 0 aliphatic rings. The van der Waals surface area contributed by atoms with Crippen molar-refractivity contribution in [3.63, 3.8) is 0 Å². The largest absolute Gasteiger partial charge is 0.337 e. The lowest BCUT2D eigenvalue weighted by Gasteiger charge is -2.03. The Bertz CT molecular complexity index is 877. The normalized spacial score (nSPS) is 12.5. The van der Waals surface area contributed by atoms with Gasteiger partial charge in [0.1, 0.15) is 6.54 Å². The van der Waals surface area contributed by atoms with E-state index in [1.807, 2.05) is 19.9 Å². The summed E-state index contributed by atoms with van der Waals surface area (Å²) in [6.07, 6.45) is 8.38. The second kappa shape index (κ2) is 8.58. The number of hydrogen-bond acceptors (Lipinski definition) is 5. The van der Waals surface area contributed by atoms with Crippen molar-refractivity contribution in [3.05, 3.63) is 74.8 Å². The highest BCUT2D eigenvalue weighted by Gasteiger charge is 2.10. The van der Waals surface area contributed by atoms with Gasteiger partial charge in [-0.3, -0.25) is 4.79 Å². The van der Waals surface area contributed by atoms with Crippen LogP contribution in [0.15, 0.2) is 50.9 Å². The molecule has 0 aliphatic heterocycles. The van der Waals surface area contributed by atoms with Crippen LogP contribution in [-0.4, -0.2) is 19.9 Å². The van der Waals surface area contributed by atoms with Gasteiger partial charge in [0.25, 0.3) is 5.56 Å². The van der Waals surface area contributed by atoms with E-state index in [4.69, 9.17) is 16.1 Å². The lowest BCUT2D eigenvalue weighted by Crippen LogP contribution is -2.26. The third-order valence-corrected chi connectivity index (χ3v) is 4.08. The van der Waals surface area contributed by atoms with Crippen molar-refractivity contribution < 1.29 is 4.52 Å². The molecule has 0 saturated heterocycles. The van der Waals surface area contributed by atoms with E-state index in [2.05, 4.69) is 21.8 Å². The molecule has 0 aliphatic carbocycles. The summed E-state index contributed by atoms with van der Waals surface area (Å²) in [5.74, 6) is 0.961. The lowest BCUT2D eigenvalue weighted by molar-refractivity contribution is 0.358. The second-order valence-corrected chi connectivity index (χ2v) is 6.22. The minimum atomic E-state index is -0.149. The van der Waals surface area contributed by atoms with E-state index in [1.165, 1.54) is 4.68 Å². The van der Waals surface area contributed by atoms with Crippen molar-refractivity contribution in [1.29, 1.82) is 0 Å². The lowest BCUT2D eigenvalue weighted by atomic mass is 10.1. The summed E-state index contributed by atoms with van der Waals surface area (Å²) in [6.45, 7) is 9.39. The van der Waals surface area contributed by atoms with Gasteiger partial charge < -0.3 is 4.52 Å². The molecule has 0 amide bonds. The van der Waals surface area contributed by atoms with Crippen LogP contribution in [0.25, 0.3) is 0 Å². The van der Waals surface area contributed by atoms with Crippen LogP contribution in [-0.2, 0) is 13.0 Å². The van der Waals surface area contributed by atoms with E-state index in [-0.39, 0.29) is 12.1 Å². The zero-order valence-corrected chi connectivity index (χ0v) is 15.4. The predicted molar refractivity (Wildman–Crippen MR) is 97.6 cm³/mol. The monoisotopic (exact) mass is 360 g/mol. The van der Waals surface area contributed by atoms with Gasteiger partial charge in [0.15, 0.2) is 5.82 Å². The van der Waals surface area contributed by atoms with Crippen molar-refractivity contribution in [2.75, 3.05) is 0 Å². The summed E-state index contributed by atoms with van der Waals surface area (Å²) < 4.78 is 6.54. The van der Waals surface area contributed by atoms with Crippen LogP contribution in [0.4, 0.5) is 0 Å². The third kappa shape index (κ3) is 5.26. The molecule has 0 unspecified atom stereocenters. The Kier molecular flexibility index (Phi) is 6.47. The van der Waals surface area contributed by atoms with Crippen molar-refractivity contribution in [1.82, 2.24) is 19.9 Å². The van der Waals surface area contributed by atoms with Gasteiger partial charge in [-0.25, -0.2) is 4.68 Å². The zero-order chi connectivity index (χ0) is 18.4. The van der Waals surface area contributed by atoms with Gasteiger partial charge in [-0.15, -0.1) is 0 Å². The van der Waals surface area contributed by atoms with Gasteiger partial charge in [-0.05, 0) is 38.8 Å². The highest BCUT2D eigenvalue weighted by atomic mass is 35.5. The quantitative estimate of drug-likeness (QED) is 0.707. The van der Waals surface area contributed by atoms with Gasteiger partial charge in [0.05, 0.1) is 6.20 Å². The van der Waals surface area contributed by atoms with Crippen LogP contribution in [0.1, 0.15) is 36.2 Å². The fourth-order valence-corrected chi connectivity index (χ4v) is 2.11. The molecule has 0 spiro atoms. The Morgan fingerprint density at radius 3 is 2.88 bits per heavy atom. The van der Waals surface area contributed by atoms with E-state index < -0.39 is 0 Å². The Hall–Kier alpha value is -2.47. The van der Waals surface area contributed by atoms with E-state index in [0.29, 0.717) is 28.7 Å². The predicted octanol–water partition coefficient (Wildman–Crippen LogP) is 3.48. The number of aryl methyl sites for hydroxylation is 2. The first-order valence-corrected chi connectivity index (χ1v) is 8.28. The summed E-state index contributed by atoms with van der Waals surface area (Å²) in [6, 6.07) is 0. The van der Waals surface area contributed by atoms with Gasteiger partial charge in [0, 0.05) is 17.0 Å². The molecule has 2 rings (SSSR count). The SMILES string of the molecule is C=C/C(Cl)=C\C=C(/C)CCc1noc(Cn2ncc(C)c(C)c2=O)n1. The van der Waals surface area contributed by atoms with E-state index in [1.54, 1.807) is 25.3 Å². The van der Waals surface area contributed by atoms with Crippen LogP contribution < -0.4 is 5.56 Å². The highest BCUT2D eigenvalue weighted by molar-refractivity contribution is 6.31. The molecule has 0 atom stereocenters. The number of nitrogens with zero attached hydrogens (tertiary/aromatic N) is 4. The Labute approximate surface area is 151 Å². The number of hydrogen-bond donors (Lipinski definition) is 0. The Morgan fingerprint density at radius 2 is 2.16 bits per heavy atom. The number of allylic oxidation sites excluding steroid dienone is 5. The van der Waals surface area contributed by atoms with Crippen molar-refractivity contribution in [2.24, 2.45) is 0 Å². The van der Waals surface area contributed by atoms with Crippen LogP contribution in [0, 0.1) is 13.8 Å². The summed E-state index contributed by atoms with van der Waals surface area (Å²) in [5.41, 5.74) is 2.52. The summed E-state index contributed by atoms with van der Waals surface area (Å²) in [7, 11) is 0. The Balaban J connectivity index is 2.00. The molecule has 25 heavy (non-hydrogen) atoms. The number of halogens is 1. The minimum absolute atomic E-state index is 0.149. The van der Waals surface area contributed by atoms with E-state index in [0.717, 1.165) is 17.6 Å². The molecule has 2 aromatic rings. The van der Waals surface area contributed by atoms with Crippen LogP contribution in [0.3, 0.4) is 0 Å². The molecule has 0 N–H and O–H groups in total. The van der Waals surface area contributed by atoms with Gasteiger partial charge in [0.2, 0.25) is 5.89 Å². The molecule has 0 saturated carbocycles. The molecular formula is C18H21ClN4O2. The fourth-order valence-electron chi connectivity index (χ4n) is 2.05. The fraction of sp³-hybridized carbons (Fsp3) is 0.333. The molecule has 0 radical (unpaired) electrons. The van der Waals surface area contributed by atoms with Crippen LogP contribution in [0.2, 0.25) is 0 Å². The smallest absolute Gasteiger partial charge is 0.270 e. The van der Waals surface area contributed by atoms with E-state index in [9.17, 15) is 4.79 Å². The summed E-state index contributed by atoms with van der Waals surface area (Å²) in [4.78, 5) is 16.5. The van der Waals surface area contributed by atoms with Gasteiger partial charge in [-0.2, -0.15) is 10.1 Å². The maximum Gasteiger partial charge on any atom is 0.270 e. The third-order valence-electron chi connectivity index (χ3n) is 3.80. The molecule has 0 aromatic carbocycles. The summed E-state index contributed by atoms with van der Waals surface area (Å²) >= 11 is 5.87. The molecule has 0 bridgehead atoms. The van der Waals surface area contributed by atoms with E-state index >= 15 is 0 Å². The Morgan fingerprint density at radius 1 is 1.40 bits per heavy atom. The number of aromatic nitrogens is 4. The van der Waals surface area contributed by atoms with Crippen molar-refractivity contribution in [3.8, 4) is 0 Å². The number of rotatable bonds is 7. The standard InChI is InChI=1S/C18H21ClN4O2/c1-5-15(19)8-6-12(2)7-9-16-21-17(25-22-16)11-23-18(24)14(4)13(3)10-20-23/h5-6,8,10H,1,7,9,11H2,2-4H3/b12-6+,15-8+. The van der Waals surface area contributed by atoms with Crippen molar-refractivity contribution in [2.45, 2.75) is 40.2 Å². The van der Waals surface area contributed by atoms with Crippen LogP contribution in [0.5, 0.6) is 0 Å². The van der Waals surface area contributed by atoms with Crippen LogP contribution >= 0.6 is 11.6 Å². The maximum atomic E-state index is 12.1. The first kappa shape index (κ1) is 18.9. The molecule has 7 heteroatoms. The maximum absolute atomic E-state index is 12.1. The second-order valence-electron chi connectivity index (χ2n) is 5.79. The van der Waals surface area contributed by atoms with Gasteiger partial charge >= 0.3 is 0 Å². The highest BCUT2D eigenvalue weighted by Crippen LogP contribution is 2.09. The first-order valence-electron chi connectivity index (χ1n) is 7.91.